The molecule has 0 unspecified atom stereocenters. The van der Waals surface area contributed by atoms with E-state index in [2.05, 4.69) is 17.1 Å². The Bertz CT molecular complexity index is 422. The average molecular weight is 260 g/mol. The first-order valence-electron chi connectivity index (χ1n) is 7.12. The van der Waals surface area contributed by atoms with E-state index >= 15 is 0 Å². The van der Waals surface area contributed by atoms with Gasteiger partial charge in [0.25, 0.3) is 0 Å². The van der Waals surface area contributed by atoms with E-state index in [1.54, 1.807) is 0 Å². The zero-order valence-corrected chi connectivity index (χ0v) is 11.7. The van der Waals surface area contributed by atoms with Crippen LogP contribution in [0, 0.1) is 5.41 Å². The van der Waals surface area contributed by atoms with Crippen LogP contribution in [0.25, 0.3) is 0 Å². The molecule has 0 amide bonds. The molecule has 1 aliphatic rings. The molecule has 104 valence electrons. The maximum atomic E-state index is 7.45. The number of hydrogen-bond acceptors (Lipinski definition) is 4. The molecule has 0 saturated carbocycles. The van der Waals surface area contributed by atoms with Crippen molar-refractivity contribution in [2.75, 3.05) is 30.7 Å². The molecule has 1 fully saturated rings. The molecule has 1 aromatic carbocycles. The summed E-state index contributed by atoms with van der Waals surface area (Å²) in [5.74, 6) is 0. The highest BCUT2D eigenvalue weighted by Crippen LogP contribution is 2.22. The summed E-state index contributed by atoms with van der Waals surface area (Å²) < 4.78 is 0. The van der Waals surface area contributed by atoms with Crippen LogP contribution in [0.2, 0.25) is 0 Å². The number of piperidine rings is 1. The highest BCUT2D eigenvalue weighted by Gasteiger charge is 2.18. The van der Waals surface area contributed by atoms with E-state index in [4.69, 9.17) is 11.1 Å². The molecule has 4 heteroatoms. The second kappa shape index (κ2) is 6.57. The third kappa shape index (κ3) is 3.70. The van der Waals surface area contributed by atoms with Crippen molar-refractivity contribution in [3.8, 4) is 0 Å². The molecule has 19 heavy (non-hydrogen) atoms. The molecule has 1 saturated heterocycles. The fourth-order valence-electron chi connectivity index (χ4n) is 2.66. The Labute approximate surface area is 115 Å². The van der Waals surface area contributed by atoms with Crippen LogP contribution in [-0.2, 0) is 0 Å². The molecule has 2 rings (SSSR count). The molecular formula is C15H24N4. The average Bonchev–Trinajstić information content (AvgIpc) is 2.42. The van der Waals surface area contributed by atoms with Crippen LogP contribution in [0.4, 0.5) is 11.4 Å². The Balaban J connectivity index is 1.95. The lowest BCUT2D eigenvalue weighted by Crippen LogP contribution is -2.39. The number of likely N-dealkylation sites (tertiary alicyclic amines) is 1. The summed E-state index contributed by atoms with van der Waals surface area (Å²) in [7, 11) is 0. The molecule has 1 aliphatic heterocycles. The first-order valence-corrected chi connectivity index (χ1v) is 7.12. The van der Waals surface area contributed by atoms with Crippen molar-refractivity contribution >= 4 is 17.6 Å². The summed E-state index contributed by atoms with van der Waals surface area (Å²) >= 11 is 0. The van der Waals surface area contributed by atoms with Crippen molar-refractivity contribution < 1.29 is 0 Å². The Kier molecular flexibility index (Phi) is 4.80. The van der Waals surface area contributed by atoms with Crippen molar-refractivity contribution in [1.82, 2.24) is 4.90 Å². The van der Waals surface area contributed by atoms with Crippen LogP contribution in [0.15, 0.2) is 18.2 Å². The van der Waals surface area contributed by atoms with Gasteiger partial charge in [0.05, 0.1) is 0 Å². The standard InChI is InChI=1S/C15H24N4/c1-2-7-19-8-5-14(6-9-19)18-15-10-13(17)4-3-12(15)11-16/h3-4,10-11,14,16,18H,2,5-9,17H2,1H3. The first kappa shape index (κ1) is 13.9. The summed E-state index contributed by atoms with van der Waals surface area (Å²) in [5, 5.41) is 11.0. The summed E-state index contributed by atoms with van der Waals surface area (Å²) in [6.07, 6.45) is 4.93. The number of benzene rings is 1. The van der Waals surface area contributed by atoms with Crippen LogP contribution in [0.5, 0.6) is 0 Å². The Morgan fingerprint density at radius 1 is 1.42 bits per heavy atom. The fourth-order valence-corrected chi connectivity index (χ4v) is 2.66. The highest BCUT2D eigenvalue weighted by atomic mass is 15.1. The van der Waals surface area contributed by atoms with Gasteiger partial charge in [-0.3, -0.25) is 0 Å². The molecule has 0 aliphatic carbocycles. The van der Waals surface area contributed by atoms with Crippen LogP contribution in [0.3, 0.4) is 0 Å². The largest absolute Gasteiger partial charge is 0.399 e. The molecule has 0 aromatic heterocycles. The summed E-state index contributed by atoms with van der Waals surface area (Å²) in [6, 6.07) is 6.17. The maximum absolute atomic E-state index is 7.45. The summed E-state index contributed by atoms with van der Waals surface area (Å²) in [4.78, 5) is 2.52. The van der Waals surface area contributed by atoms with Gasteiger partial charge < -0.3 is 21.4 Å². The lowest BCUT2D eigenvalue weighted by molar-refractivity contribution is 0.219. The SMILES string of the molecule is CCCN1CCC(Nc2cc(N)ccc2C=N)CC1. The molecule has 1 heterocycles. The van der Waals surface area contributed by atoms with E-state index in [0.29, 0.717) is 6.04 Å². The lowest BCUT2D eigenvalue weighted by Gasteiger charge is -2.33. The van der Waals surface area contributed by atoms with Crippen molar-refractivity contribution in [2.24, 2.45) is 0 Å². The van der Waals surface area contributed by atoms with Gasteiger partial charge in [-0.05, 0) is 44.0 Å². The molecule has 0 bridgehead atoms. The van der Waals surface area contributed by atoms with Gasteiger partial charge in [0.2, 0.25) is 0 Å². The fraction of sp³-hybridized carbons (Fsp3) is 0.533. The number of nitrogens with one attached hydrogen (secondary N) is 2. The van der Waals surface area contributed by atoms with Gasteiger partial charge in [0.1, 0.15) is 0 Å². The Hall–Kier alpha value is -1.55. The summed E-state index contributed by atoms with van der Waals surface area (Å²) in [5.41, 5.74) is 8.47. The highest BCUT2D eigenvalue weighted by molar-refractivity contribution is 5.87. The maximum Gasteiger partial charge on any atom is 0.0451 e. The molecular weight excluding hydrogens is 236 g/mol. The number of anilines is 2. The number of rotatable bonds is 5. The van der Waals surface area contributed by atoms with Gasteiger partial charge in [0, 0.05) is 42.3 Å². The van der Waals surface area contributed by atoms with Crippen molar-refractivity contribution in [3.05, 3.63) is 23.8 Å². The zero-order chi connectivity index (χ0) is 13.7. The molecule has 0 radical (unpaired) electrons. The van der Waals surface area contributed by atoms with Crippen molar-refractivity contribution in [1.29, 1.82) is 5.41 Å². The summed E-state index contributed by atoms with van der Waals surface area (Å²) in [6.45, 7) is 5.76. The molecule has 0 atom stereocenters. The Morgan fingerprint density at radius 3 is 2.79 bits per heavy atom. The monoisotopic (exact) mass is 260 g/mol. The van der Waals surface area contributed by atoms with Gasteiger partial charge >= 0.3 is 0 Å². The van der Waals surface area contributed by atoms with Crippen molar-refractivity contribution in [2.45, 2.75) is 32.2 Å². The molecule has 4 N–H and O–H groups in total. The van der Waals surface area contributed by atoms with Gasteiger partial charge in [-0.25, -0.2) is 0 Å². The second-order valence-electron chi connectivity index (χ2n) is 5.25. The predicted octanol–water partition coefficient (Wildman–Crippen LogP) is 2.55. The first-order chi connectivity index (χ1) is 9.22. The Morgan fingerprint density at radius 2 is 2.16 bits per heavy atom. The van der Waals surface area contributed by atoms with Gasteiger partial charge in [-0.15, -0.1) is 0 Å². The number of nitrogens with two attached hydrogens (primary N) is 1. The third-order valence-electron chi connectivity index (χ3n) is 3.72. The molecule has 0 spiro atoms. The van der Waals surface area contributed by atoms with Crippen LogP contribution in [-0.4, -0.2) is 36.8 Å². The van der Waals surface area contributed by atoms with Gasteiger partial charge in [-0.1, -0.05) is 6.92 Å². The second-order valence-corrected chi connectivity index (χ2v) is 5.25. The zero-order valence-electron chi connectivity index (χ0n) is 11.7. The lowest BCUT2D eigenvalue weighted by atomic mass is 10.0. The van der Waals surface area contributed by atoms with E-state index in [1.807, 2.05) is 18.2 Å². The van der Waals surface area contributed by atoms with Crippen LogP contribution < -0.4 is 11.1 Å². The predicted molar refractivity (Wildman–Crippen MR) is 82.1 cm³/mol. The van der Waals surface area contributed by atoms with E-state index in [-0.39, 0.29) is 0 Å². The number of hydrogen-bond donors (Lipinski definition) is 3. The normalized spacial score (nSPS) is 17.3. The smallest absolute Gasteiger partial charge is 0.0451 e. The minimum absolute atomic E-state index is 0.494. The number of nitrogen functional groups attached to an aromatic ring is 1. The van der Waals surface area contributed by atoms with Crippen molar-refractivity contribution in [3.63, 3.8) is 0 Å². The van der Waals surface area contributed by atoms with Gasteiger partial charge in [-0.2, -0.15) is 0 Å². The quantitative estimate of drug-likeness (QED) is 0.563. The van der Waals surface area contributed by atoms with E-state index < -0.39 is 0 Å². The van der Waals surface area contributed by atoms with E-state index in [1.165, 1.54) is 19.2 Å². The van der Waals surface area contributed by atoms with Crippen LogP contribution >= 0.6 is 0 Å². The van der Waals surface area contributed by atoms with Gasteiger partial charge in [0.15, 0.2) is 0 Å². The van der Waals surface area contributed by atoms with E-state index in [9.17, 15) is 0 Å². The number of nitrogens with zero attached hydrogens (tertiary/aromatic N) is 1. The van der Waals surface area contributed by atoms with E-state index in [0.717, 1.165) is 42.9 Å². The minimum Gasteiger partial charge on any atom is -0.399 e. The molecule has 1 aromatic rings. The minimum atomic E-state index is 0.494. The third-order valence-corrected chi connectivity index (χ3v) is 3.72. The van der Waals surface area contributed by atoms with Crippen LogP contribution in [0.1, 0.15) is 31.7 Å². The topological polar surface area (TPSA) is 65.1 Å². The molecule has 4 nitrogen and oxygen atoms in total.